The van der Waals surface area contributed by atoms with Crippen molar-refractivity contribution >= 4 is 17.7 Å². The molecule has 1 atom stereocenters. The molecule has 0 radical (unpaired) electrons. The molecule has 0 saturated carbocycles. The number of aryl methyl sites for hydroxylation is 2. The number of esters is 1. The van der Waals surface area contributed by atoms with Gasteiger partial charge in [-0.25, -0.2) is 4.79 Å². The number of carbonyl (C=O) groups excluding carboxylic acids is 3. The molecule has 0 spiro atoms. The molecule has 23 heavy (non-hydrogen) atoms. The summed E-state index contributed by atoms with van der Waals surface area (Å²) in [5, 5.41) is 6.88. The van der Waals surface area contributed by atoms with Crippen molar-refractivity contribution in [2.45, 2.75) is 39.5 Å². The number of rotatable bonds is 6. The third-order valence-electron chi connectivity index (χ3n) is 4.19. The van der Waals surface area contributed by atoms with Crippen LogP contribution in [-0.4, -0.2) is 40.6 Å². The summed E-state index contributed by atoms with van der Waals surface area (Å²) in [7, 11) is 1.77. The molecule has 0 aliphatic carbocycles. The molecular weight excluding hydrogens is 298 g/mol. The van der Waals surface area contributed by atoms with Crippen molar-refractivity contribution in [3.8, 4) is 0 Å². The SMILES string of the molecule is Cc1nn(C)c(C)c1C(=O)OCCCC(=O)[C@@H]1CCCNC1=O. The summed E-state index contributed by atoms with van der Waals surface area (Å²) in [5.41, 5.74) is 1.86. The van der Waals surface area contributed by atoms with Gasteiger partial charge in [0, 0.05) is 25.7 Å². The van der Waals surface area contributed by atoms with Gasteiger partial charge in [0.25, 0.3) is 0 Å². The van der Waals surface area contributed by atoms with E-state index in [1.165, 1.54) is 0 Å². The van der Waals surface area contributed by atoms with Gasteiger partial charge in [-0.3, -0.25) is 14.3 Å². The monoisotopic (exact) mass is 321 g/mol. The van der Waals surface area contributed by atoms with E-state index in [1.807, 2.05) is 6.92 Å². The Bertz CT molecular complexity index is 621. The Labute approximate surface area is 135 Å². The summed E-state index contributed by atoms with van der Waals surface area (Å²) < 4.78 is 6.86. The second-order valence-electron chi connectivity index (χ2n) is 5.86. The number of piperidine rings is 1. The molecule has 0 aromatic carbocycles. The van der Waals surface area contributed by atoms with Crippen LogP contribution in [0, 0.1) is 19.8 Å². The number of nitrogens with zero attached hydrogens (tertiary/aromatic N) is 2. The summed E-state index contributed by atoms with van der Waals surface area (Å²) in [6.45, 7) is 4.37. The van der Waals surface area contributed by atoms with Gasteiger partial charge < -0.3 is 10.1 Å². The topological polar surface area (TPSA) is 90.3 Å². The first kappa shape index (κ1) is 17.2. The quantitative estimate of drug-likeness (QED) is 0.481. The number of ether oxygens (including phenoxy) is 1. The van der Waals surface area contributed by atoms with Crippen molar-refractivity contribution < 1.29 is 19.1 Å². The van der Waals surface area contributed by atoms with Crippen LogP contribution in [0.2, 0.25) is 0 Å². The summed E-state index contributed by atoms with van der Waals surface area (Å²) >= 11 is 0. The van der Waals surface area contributed by atoms with Crippen molar-refractivity contribution in [1.82, 2.24) is 15.1 Å². The summed E-state index contributed by atoms with van der Waals surface area (Å²) in [6, 6.07) is 0. The van der Waals surface area contributed by atoms with E-state index >= 15 is 0 Å². The Morgan fingerprint density at radius 1 is 1.39 bits per heavy atom. The van der Waals surface area contributed by atoms with E-state index in [0.29, 0.717) is 30.6 Å². The molecule has 7 nitrogen and oxygen atoms in total. The van der Waals surface area contributed by atoms with Crippen LogP contribution in [0.15, 0.2) is 0 Å². The fourth-order valence-corrected chi connectivity index (χ4v) is 2.81. The summed E-state index contributed by atoms with van der Waals surface area (Å²) in [5.74, 6) is -1.22. The number of hydrogen-bond acceptors (Lipinski definition) is 5. The van der Waals surface area contributed by atoms with Gasteiger partial charge >= 0.3 is 5.97 Å². The van der Waals surface area contributed by atoms with Crippen LogP contribution in [-0.2, 0) is 21.4 Å². The molecule has 126 valence electrons. The van der Waals surface area contributed by atoms with Crippen molar-refractivity contribution in [1.29, 1.82) is 0 Å². The van der Waals surface area contributed by atoms with Crippen molar-refractivity contribution in [2.24, 2.45) is 13.0 Å². The normalized spacial score (nSPS) is 17.7. The molecule has 1 aromatic heterocycles. The van der Waals surface area contributed by atoms with Gasteiger partial charge in [0.1, 0.15) is 11.3 Å². The Morgan fingerprint density at radius 2 is 2.13 bits per heavy atom. The third kappa shape index (κ3) is 3.97. The molecule has 0 bridgehead atoms. The molecule has 2 heterocycles. The van der Waals surface area contributed by atoms with E-state index < -0.39 is 11.9 Å². The first-order valence-electron chi connectivity index (χ1n) is 7.89. The highest BCUT2D eigenvalue weighted by molar-refractivity contribution is 6.01. The van der Waals surface area contributed by atoms with Crippen LogP contribution in [0.25, 0.3) is 0 Å². The molecule has 7 heteroatoms. The van der Waals surface area contributed by atoms with E-state index in [1.54, 1.807) is 18.7 Å². The Hall–Kier alpha value is -2.18. The maximum atomic E-state index is 12.1. The van der Waals surface area contributed by atoms with Crippen molar-refractivity contribution in [3.05, 3.63) is 17.0 Å². The number of carbonyl (C=O) groups is 3. The zero-order valence-corrected chi connectivity index (χ0v) is 13.8. The molecule has 1 aliphatic rings. The van der Waals surface area contributed by atoms with Crippen LogP contribution < -0.4 is 5.32 Å². The van der Waals surface area contributed by atoms with Crippen LogP contribution >= 0.6 is 0 Å². The Morgan fingerprint density at radius 3 is 2.74 bits per heavy atom. The van der Waals surface area contributed by atoms with E-state index in [-0.39, 0.29) is 24.7 Å². The standard InChI is InChI=1S/C16H23N3O4/c1-10-14(11(2)19(3)18-10)16(22)23-9-5-7-13(20)12-6-4-8-17-15(12)21/h12H,4-9H2,1-3H3,(H,17,21)/t12-/m0/s1. The maximum Gasteiger partial charge on any atom is 0.341 e. The number of Topliss-reactive ketones (excluding diaryl/α,β-unsaturated/α-hetero) is 1. The smallest absolute Gasteiger partial charge is 0.341 e. The van der Waals surface area contributed by atoms with Gasteiger partial charge in [-0.2, -0.15) is 5.10 Å². The summed E-state index contributed by atoms with van der Waals surface area (Å²) in [6.07, 6.45) is 2.11. The number of amides is 1. The second-order valence-corrected chi connectivity index (χ2v) is 5.86. The average molecular weight is 321 g/mol. The van der Waals surface area contributed by atoms with Gasteiger partial charge in [0.15, 0.2) is 0 Å². The summed E-state index contributed by atoms with van der Waals surface area (Å²) in [4.78, 5) is 35.7. The molecular formula is C16H23N3O4. The number of ketones is 1. The molecule has 1 saturated heterocycles. The van der Waals surface area contributed by atoms with E-state index in [9.17, 15) is 14.4 Å². The Kier molecular flexibility index (Phi) is 5.52. The van der Waals surface area contributed by atoms with Crippen molar-refractivity contribution in [2.75, 3.05) is 13.2 Å². The number of hydrogen-bond donors (Lipinski definition) is 1. The number of nitrogens with one attached hydrogen (secondary N) is 1. The predicted octanol–water partition coefficient (Wildman–Crippen LogP) is 1.07. The van der Waals surface area contributed by atoms with E-state index in [2.05, 4.69) is 10.4 Å². The largest absolute Gasteiger partial charge is 0.462 e. The van der Waals surface area contributed by atoms with Crippen LogP contribution in [0.4, 0.5) is 0 Å². The minimum atomic E-state index is -0.540. The zero-order valence-electron chi connectivity index (χ0n) is 13.8. The molecule has 1 N–H and O–H groups in total. The highest BCUT2D eigenvalue weighted by Crippen LogP contribution is 2.16. The Balaban J connectivity index is 1.78. The average Bonchev–Trinajstić information content (AvgIpc) is 2.76. The molecule has 1 aliphatic heterocycles. The maximum absolute atomic E-state index is 12.1. The first-order chi connectivity index (χ1) is 10.9. The van der Waals surface area contributed by atoms with Gasteiger partial charge in [0.05, 0.1) is 18.2 Å². The molecule has 1 aromatic rings. The second kappa shape index (κ2) is 7.39. The lowest BCUT2D eigenvalue weighted by Gasteiger charge is -2.20. The van der Waals surface area contributed by atoms with Crippen molar-refractivity contribution in [3.63, 3.8) is 0 Å². The molecule has 2 rings (SSSR count). The predicted molar refractivity (Wildman–Crippen MR) is 82.9 cm³/mol. The fourth-order valence-electron chi connectivity index (χ4n) is 2.81. The lowest BCUT2D eigenvalue weighted by molar-refractivity contribution is -0.135. The number of aromatic nitrogens is 2. The van der Waals surface area contributed by atoms with Crippen LogP contribution in [0.3, 0.4) is 0 Å². The zero-order chi connectivity index (χ0) is 17.0. The van der Waals surface area contributed by atoms with E-state index in [0.717, 1.165) is 12.1 Å². The molecule has 0 unspecified atom stereocenters. The first-order valence-corrected chi connectivity index (χ1v) is 7.89. The molecule has 1 fully saturated rings. The van der Waals surface area contributed by atoms with Gasteiger partial charge in [0.2, 0.25) is 5.91 Å². The highest BCUT2D eigenvalue weighted by Gasteiger charge is 2.28. The highest BCUT2D eigenvalue weighted by atomic mass is 16.5. The van der Waals surface area contributed by atoms with Gasteiger partial charge in [-0.05, 0) is 33.1 Å². The van der Waals surface area contributed by atoms with Gasteiger partial charge in [-0.15, -0.1) is 0 Å². The van der Waals surface area contributed by atoms with Gasteiger partial charge in [-0.1, -0.05) is 0 Å². The minimum Gasteiger partial charge on any atom is -0.462 e. The minimum absolute atomic E-state index is 0.0769. The van der Waals surface area contributed by atoms with Crippen LogP contribution in [0.5, 0.6) is 0 Å². The molecule has 1 amide bonds. The lowest BCUT2D eigenvalue weighted by atomic mass is 9.92. The fraction of sp³-hybridized carbons (Fsp3) is 0.625. The third-order valence-corrected chi connectivity index (χ3v) is 4.19. The lowest BCUT2D eigenvalue weighted by Crippen LogP contribution is -2.40. The van der Waals surface area contributed by atoms with Crippen LogP contribution in [0.1, 0.15) is 47.4 Å². The van der Waals surface area contributed by atoms with E-state index in [4.69, 9.17) is 4.74 Å².